The molecular formula is C13H21ClN4O. The Labute approximate surface area is 119 Å². The van der Waals surface area contributed by atoms with Gasteiger partial charge < -0.3 is 15.0 Å². The molecule has 1 aliphatic rings. The topological polar surface area (TPSA) is 50.3 Å². The lowest BCUT2D eigenvalue weighted by atomic mass is 9.99. The van der Waals surface area contributed by atoms with Crippen LogP contribution in [0.15, 0.2) is 6.33 Å². The van der Waals surface area contributed by atoms with E-state index in [1.807, 2.05) is 7.05 Å². The minimum Gasteiger partial charge on any atom is -0.383 e. The maximum Gasteiger partial charge on any atom is 0.157 e. The second kappa shape index (κ2) is 4.80. The molecule has 1 aliphatic heterocycles. The van der Waals surface area contributed by atoms with Gasteiger partial charge in [0.1, 0.15) is 12.0 Å². The molecule has 0 saturated carbocycles. The first kappa shape index (κ1) is 14.3. The largest absolute Gasteiger partial charge is 0.383 e. The van der Waals surface area contributed by atoms with Crippen LogP contribution in [0.25, 0.3) is 0 Å². The van der Waals surface area contributed by atoms with Gasteiger partial charge in [-0.1, -0.05) is 11.6 Å². The molecule has 1 aromatic heterocycles. The van der Waals surface area contributed by atoms with E-state index in [9.17, 15) is 0 Å². The third-order valence-electron chi connectivity index (χ3n) is 3.03. The number of morpholine rings is 1. The molecule has 0 atom stereocenters. The first-order chi connectivity index (χ1) is 8.74. The van der Waals surface area contributed by atoms with Gasteiger partial charge in [-0.15, -0.1) is 0 Å². The summed E-state index contributed by atoms with van der Waals surface area (Å²) in [6.07, 6.45) is 1.49. The van der Waals surface area contributed by atoms with Gasteiger partial charge >= 0.3 is 0 Å². The lowest BCUT2D eigenvalue weighted by Crippen LogP contribution is -2.57. The van der Waals surface area contributed by atoms with Crippen LogP contribution in [0.1, 0.15) is 27.7 Å². The fraction of sp³-hybridized carbons (Fsp3) is 0.692. The molecule has 1 aromatic rings. The van der Waals surface area contributed by atoms with E-state index in [0.717, 1.165) is 24.6 Å². The van der Waals surface area contributed by atoms with E-state index >= 15 is 0 Å². The van der Waals surface area contributed by atoms with Crippen LogP contribution in [0.5, 0.6) is 0 Å². The van der Waals surface area contributed by atoms with Crippen molar-refractivity contribution in [3.05, 3.63) is 11.5 Å². The second-order valence-corrected chi connectivity index (χ2v) is 6.45. The smallest absolute Gasteiger partial charge is 0.157 e. The van der Waals surface area contributed by atoms with E-state index in [2.05, 4.69) is 47.9 Å². The van der Waals surface area contributed by atoms with Crippen LogP contribution in [0, 0.1) is 0 Å². The van der Waals surface area contributed by atoms with Gasteiger partial charge in [0.15, 0.2) is 11.0 Å². The van der Waals surface area contributed by atoms with E-state index in [-0.39, 0.29) is 11.2 Å². The zero-order chi connectivity index (χ0) is 14.3. The van der Waals surface area contributed by atoms with Gasteiger partial charge in [-0.25, -0.2) is 9.97 Å². The summed E-state index contributed by atoms with van der Waals surface area (Å²) >= 11 is 6.12. The predicted octanol–water partition coefficient (Wildman–Crippen LogP) is 2.57. The number of nitrogens with zero attached hydrogens (tertiary/aromatic N) is 3. The fourth-order valence-electron chi connectivity index (χ4n) is 2.75. The van der Waals surface area contributed by atoms with Crippen LogP contribution in [-0.2, 0) is 4.74 Å². The van der Waals surface area contributed by atoms with Crippen molar-refractivity contribution in [3.8, 4) is 0 Å². The molecule has 2 heterocycles. The SMILES string of the molecule is CNc1c(Cl)ncnc1N1CC(C)(C)OC(C)(C)C1. The Bertz CT molecular complexity index is 460. The highest BCUT2D eigenvalue weighted by Crippen LogP contribution is 2.35. The number of aromatic nitrogens is 2. The summed E-state index contributed by atoms with van der Waals surface area (Å²) in [4.78, 5) is 10.6. The summed E-state index contributed by atoms with van der Waals surface area (Å²) in [7, 11) is 1.82. The predicted molar refractivity (Wildman–Crippen MR) is 78.0 cm³/mol. The first-order valence-electron chi connectivity index (χ1n) is 6.37. The monoisotopic (exact) mass is 284 g/mol. The highest BCUT2D eigenvalue weighted by atomic mass is 35.5. The standard InChI is InChI=1S/C13H21ClN4O/c1-12(2)6-18(7-13(3,4)19-12)11-9(15-5)10(14)16-8-17-11/h8,15H,6-7H2,1-5H3. The van der Waals surface area contributed by atoms with Crippen LogP contribution in [0.4, 0.5) is 11.5 Å². The maximum atomic E-state index is 6.12. The molecule has 1 N–H and O–H groups in total. The average molecular weight is 285 g/mol. The normalized spacial score (nSPS) is 21.3. The fourth-order valence-corrected chi connectivity index (χ4v) is 2.97. The van der Waals surface area contributed by atoms with Gasteiger partial charge in [0, 0.05) is 20.1 Å². The van der Waals surface area contributed by atoms with Gasteiger partial charge in [-0.05, 0) is 27.7 Å². The highest BCUT2D eigenvalue weighted by molar-refractivity contribution is 6.32. The first-order valence-corrected chi connectivity index (χ1v) is 6.75. The molecule has 0 spiro atoms. The van der Waals surface area contributed by atoms with Gasteiger partial charge in [0.05, 0.1) is 11.2 Å². The summed E-state index contributed by atoms with van der Waals surface area (Å²) in [5.74, 6) is 0.826. The average Bonchev–Trinajstić information content (AvgIpc) is 2.24. The Morgan fingerprint density at radius 1 is 1.21 bits per heavy atom. The molecule has 0 amide bonds. The Morgan fingerprint density at radius 3 is 2.32 bits per heavy atom. The number of halogens is 1. The van der Waals surface area contributed by atoms with Crippen LogP contribution in [-0.4, -0.2) is 41.3 Å². The number of ether oxygens (including phenoxy) is 1. The number of hydrogen-bond donors (Lipinski definition) is 1. The molecule has 106 valence electrons. The van der Waals surface area contributed by atoms with Crippen molar-refractivity contribution in [2.24, 2.45) is 0 Å². The Hall–Kier alpha value is -1.07. The van der Waals surface area contributed by atoms with Crippen molar-refractivity contribution < 1.29 is 4.74 Å². The van der Waals surface area contributed by atoms with E-state index in [1.165, 1.54) is 6.33 Å². The van der Waals surface area contributed by atoms with Gasteiger partial charge in [-0.2, -0.15) is 0 Å². The maximum absolute atomic E-state index is 6.12. The van der Waals surface area contributed by atoms with Crippen molar-refractivity contribution in [1.82, 2.24) is 9.97 Å². The van der Waals surface area contributed by atoms with E-state index < -0.39 is 0 Å². The molecule has 0 unspecified atom stereocenters. The molecule has 0 aromatic carbocycles. The summed E-state index contributed by atoms with van der Waals surface area (Å²) < 4.78 is 6.08. The molecule has 1 saturated heterocycles. The number of anilines is 2. The third kappa shape index (κ3) is 3.09. The van der Waals surface area contributed by atoms with Crippen LogP contribution in [0.3, 0.4) is 0 Å². The molecular weight excluding hydrogens is 264 g/mol. The zero-order valence-electron chi connectivity index (χ0n) is 12.1. The minimum absolute atomic E-state index is 0.232. The van der Waals surface area contributed by atoms with Crippen molar-refractivity contribution in [2.75, 3.05) is 30.4 Å². The molecule has 0 radical (unpaired) electrons. The molecule has 19 heavy (non-hydrogen) atoms. The highest BCUT2D eigenvalue weighted by Gasteiger charge is 2.39. The van der Waals surface area contributed by atoms with Crippen LogP contribution < -0.4 is 10.2 Å². The van der Waals surface area contributed by atoms with Crippen molar-refractivity contribution in [2.45, 2.75) is 38.9 Å². The third-order valence-corrected chi connectivity index (χ3v) is 3.31. The number of rotatable bonds is 2. The zero-order valence-corrected chi connectivity index (χ0v) is 12.9. The van der Waals surface area contributed by atoms with Crippen LogP contribution >= 0.6 is 11.6 Å². The van der Waals surface area contributed by atoms with Gasteiger partial charge in [-0.3, -0.25) is 0 Å². The van der Waals surface area contributed by atoms with Crippen molar-refractivity contribution in [1.29, 1.82) is 0 Å². The van der Waals surface area contributed by atoms with E-state index in [4.69, 9.17) is 16.3 Å². The summed E-state index contributed by atoms with van der Waals surface area (Å²) in [5.41, 5.74) is 0.298. The minimum atomic E-state index is -0.232. The summed E-state index contributed by atoms with van der Waals surface area (Å²) in [6, 6.07) is 0. The van der Waals surface area contributed by atoms with Crippen molar-refractivity contribution in [3.63, 3.8) is 0 Å². The summed E-state index contributed by atoms with van der Waals surface area (Å²) in [6.45, 7) is 9.87. The summed E-state index contributed by atoms with van der Waals surface area (Å²) in [5, 5.41) is 3.52. The number of nitrogens with one attached hydrogen (secondary N) is 1. The molecule has 5 nitrogen and oxygen atoms in total. The Morgan fingerprint density at radius 2 is 1.79 bits per heavy atom. The van der Waals surface area contributed by atoms with Crippen molar-refractivity contribution >= 4 is 23.1 Å². The molecule has 2 rings (SSSR count). The Balaban J connectivity index is 2.39. The molecule has 0 bridgehead atoms. The number of hydrogen-bond acceptors (Lipinski definition) is 5. The van der Waals surface area contributed by atoms with Gasteiger partial charge in [0.25, 0.3) is 0 Å². The molecule has 0 aliphatic carbocycles. The second-order valence-electron chi connectivity index (χ2n) is 6.09. The molecule has 1 fully saturated rings. The van der Waals surface area contributed by atoms with Gasteiger partial charge in [0.2, 0.25) is 0 Å². The Kier molecular flexibility index (Phi) is 3.62. The van der Waals surface area contributed by atoms with E-state index in [1.54, 1.807) is 0 Å². The van der Waals surface area contributed by atoms with Crippen LogP contribution in [0.2, 0.25) is 5.15 Å². The van der Waals surface area contributed by atoms with E-state index in [0.29, 0.717) is 5.15 Å². The molecule has 6 heteroatoms. The lowest BCUT2D eigenvalue weighted by Gasteiger charge is -2.47. The lowest BCUT2D eigenvalue weighted by molar-refractivity contribution is -0.133. The quantitative estimate of drug-likeness (QED) is 0.846.